The molecule has 2 amide bonds. The number of halogens is 2. The van der Waals surface area contributed by atoms with Crippen LogP contribution in [0.4, 0.5) is 8.78 Å². The number of benzene rings is 1. The van der Waals surface area contributed by atoms with E-state index in [1.165, 1.54) is 16.9 Å². The molecule has 182 valence electrons. The van der Waals surface area contributed by atoms with E-state index < -0.39 is 40.3 Å². The molecule has 2 heterocycles. The number of nitrogens with zero attached hydrogens (tertiary/aromatic N) is 3. The normalized spacial score (nSPS) is 24.0. The number of aromatic hydroxyl groups is 1. The fraction of sp³-hybridized carbons (Fsp3) is 0.458. The fourth-order valence-corrected chi connectivity index (χ4v) is 5.42. The van der Waals surface area contributed by atoms with Crippen LogP contribution in [0.2, 0.25) is 0 Å². The van der Waals surface area contributed by atoms with Crippen molar-refractivity contribution in [2.45, 2.75) is 45.8 Å². The van der Waals surface area contributed by atoms with E-state index in [2.05, 4.69) is 19.2 Å². The van der Waals surface area contributed by atoms with Gasteiger partial charge in [0.05, 0.1) is 0 Å². The first-order valence-corrected chi connectivity index (χ1v) is 11.3. The Kier molecular flexibility index (Phi) is 5.87. The van der Waals surface area contributed by atoms with Crippen LogP contribution >= 0.6 is 0 Å². The number of pyridine rings is 1. The van der Waals surface area contributed by atoms with Gasteiger partial charge in [0.25, 0.3) is 11.8 Å². The molecule has 1 aliphatic carbocycles. The highest BCUT2D eigenvalue weighted by Crippen LogP contribution is 2.47. The second-order valence-electron chi connectivity index (χ2n) is 9.09. The molecule has 4 rings (SSSR count). The molecule has 0 bridgehead atoms. The molecule has 1 fully saturated rings. The minimum absolute atomic E-state index is 0.0376. The van der Waals surface area contributed by atoms with Crippen molar-refractivity contribution in [1.82, 2.24) is 14.9 Å². The topological polar surface area (TPSA) is 94.9 Å². The lowest BCUT2D eigenvalue weighted by atomic mass is 9.89. The number of hydrogen-bond donors (Lipinski definition) is 2. The molecule has 2 N–H and O–H groups in total. The molecule has 1 aromatic carbocycles. The molecule has 2 aliphatic rings. The zero-order chi connectivity index (χ0) is 24.9. The maximum absolute atomic E-state index is 13.9. The highest BCUT2D eigenvalue weighted by atomic mass is 19.1. The first-order valence-electron chi connectivity index (χ1n) is 11.3. The Morgan fingerprint density at radius 3 is 2.56 bits per heavy atom. The summed E-state index contributed by atoms with van der Waals surface area (Å²) in [5.74, 6) is -3.28. The summed E-state index contributed by atoms with van der Waals surface area (Å²) in [5.41, 5.74) is -2.22. The van der Waals surface area contributed by atoms with Crippen LogP contribution in [0.5, 0.6) is 5.75 Å². The molecule has 3 atom stereocenters. The third kappa shape index (κ3) is 3.35. The number of nitrogens with one attached hydrogen (secondary N) is 1. The summed E-state index contributed by atoms with van der Waals surface area (Å²) < 4.78 is 28.4. The summed E-state index contributed by atoms with van der Waals surface area (Å²) in [6.07, 6.45) is 2.84. The van der Waals surface area contributed by atoms with E-state index >= 15 is 0 Å². The minimum Gasteiger partial charge on any atom is -0.502 e. The Balaban J connectivity index is 1.74. The molecular weight excluding hydrogens is 446 g/mol. The van der Waals surface area contributed by atoms with Gasteiger partial charge in [0.1, 0.15) is 22.9 Å². The van der Waals surface area contributed by atoms with E-state index in [9.17, 15) is 28.3 Å². The lowest BCUT2D eigenvalue weighted by Gasteiger charge is -2.55. The van der Waals surface area contributed by atoms with Gasteiger partial charge in [0, 0.05) is 43.9 Å². The van der Waals surface area contributed by atoms with Crippen molar-refractivity contribution < 1.29 is 23.5 Å². The Labute approximate surface area is 195 Å². The number of carbonyl (C=O) groups is 2. The first kappa shape index (κ1) is 23.7. The zero-order valence-electron chi connectivity index (χ0n) is 19.6. The fourth-order valence-electron chi connectivity index (χ4n) is 5.42. The Bertz CT molecular complexity index is 1230. The van der Waals surface area contributed by atoms with Crippen molar-refractivity contribution in [2.75, 3.05) is 18.6 Å². The summed E-state index contributed by atoms with van der Waals surface area (Å²) in [6.45, 7) is 6.15. The van der Waals surface area contributed by atoms with Crippen molar-refractivity contribution >= 4 is 11.8 Å². The quantitative estimate of drug-likeness (QED) is 0.710. The molecule has 1 aliphatic heterocycles. The molecule has 0 saturated heterocycles. The maximum Gasteiger partial charge on any atom is 0.278 e. The average Bonchev–Trinajstić information content (AvgIpc) is 3.09. The van der Waals surface area contributed by atoms with Gasteiger partial charge in [-0.3, -0.25) is 24.1 Å². The van der Waals surface area contributed by atoms with Gasteiger partial charge in [-0.15, -0.1) is 0 Å². The summed E-state index contributed by atoms with van der Waals surface area (Å²) in [6, 6.07) is 2.96. The van der Waals surface area contributed by atoms with Crippen molar-refractivity contribution in [2.24, 2.45) is 11.8 Å². The van der Waals surface area contributed by atoms with Gasteiger partial charge < -0.3 is 15.3 Å². The van der Waals surface area contributed by atoms with Crippen LogP contribution in [0, 0.1) is 23.5 Å². The summed E-state index contributed by atoms with van der Waals surface area (Å²) in [7, 11) is 1.77. The van der Waals surface area contributed by atoms with E-state index in [1.807, 2.05) is 11.9 Å². The number of fused-ring (bicyclic) bond motifs is 1. The van der Waals surface area contributed by atoms with Crippen LogP contribution in [-0.2, 0) is 6.54 Å². The Hall–Kier alpha value is -3.43. The van der Waals surface area contributed by atoms with Crippen LogP contribution < -0.4 is 15.8 Å². The third-order valence-electron chi connectivity index (χ3n) is 7.53. The molecular formula is C24H28F2N4O4. The summed E-state index contributed by atoms with van der Waals surface area (Å²) in [5, 5.41) is 14.9. The van der Waals surface area contributed by atoms with Gasteiger partial charge in [0.15, 0.2) is 11.4 Å². The molecule has 1 saturated carbocycles. The Morgan fingerprint density at radius 1 is 1.26 bits per heavy atom. The maximum atomic E-state index is 13.9. The summed E-state index contributed by atoms with van der Waals surface area (Å²) in [4.78, 5) is 40.8. The van der Waals surface area contributed by atoms with Crippen molar-refractivity contribution in [1.29, 1.82) is 0 Å². The van der Waals surface area contributed by atoms with E-state index in [4.69, 9.17) is 0 Å². The molecule has 1 aromatic heterocycles. The smallest absolute Gasteiger partial charge is 0.278 e. The van der Waals surface area contributed by atoms with E-state index in [0.29, 0.717) is 24.9 Å². The van der Waals surface area contributed by atoms with Crippen LogP contribution in [0.25, 0.3) is 0 Å². The van der Waals surface area contributed by atoms with Crippen LogP contribution in [0.3, 0.4) is 0 Å². The zero-order valence-corrected chi connectivity index (χ0v) is 19.6. The molecule has 2 aromatic rings. The SMILES string of the molecule is CCN1C(=O)c2c(O)c(=O)c(C(=O)NCc3ccc(F)cc3F)cn2N(C)C12CC[C@H](C)[C@@H]2C. The number of amides is 2. The number of aromatic nitrogens is 1. The largest absolute Gasteiger partial charge is 0.502 e. The third-order valence-corrected chi connectivity index (χ3v) is 7.53. The van der Waals surface area contributed by atoms with E-state index in [1.54, 1.807) is 11.9 Å². The monoisotopic (exact) mass is 474 g/mol. The first-order chi connectivity index (χ1) is 16.0. The van der Waals surface area contributed by atoms with Gasteiger partial charge in [0.2, 0.25) is 5.43 Å². The average molecular weight is 475 g/mol. The van der Waals surface area contributed by atoms with E-state index in [0.717, 1.165) is 12.5 Å². The van der Waals surface area contributed by atoms with Gasteiger partial charge in [-0.25, -0.2) is 8.78 Å². The lowest BCUT2D eigenvalue weighted by molar-refractivity contribution is 0.0133. The van der Waals surface area contributed by atoms with Crippen molar-refractivity contribution in [3.05, 3.63) is 63.1 Å². The van der Waals surface area contributed by atoms with Gasteiger partial charge >= 0.3 is 0 Å². The Morgan fingerprint density at radius 2 is 1.97 bits per heavy atom. The number of carbonyl (C=O) groups excluding carboxylic acids is 2. The van der Waals surface area contributed by atoms with Crippen LogP contribution in [0.1, 0.15) is 60.0 Å². The minimum atomic E-state index is -0.995. The van der Waals surface area contributed by atoms with Gasteiger partial charge in [-0.05, 0) is 31.7 Å². The predicted octanol–water partition coefficient (Wildman–Crippen LogP) is 2.57. The standard InChI is InChI=1S/C24H28F2N4O4/c1-5-29-23(34)19-21(32)20(31)17(22(33)27-11-15-6-7-16(25)10-18(15)26)12-30(19)28(4)24(29)9-8-13(2)14(24)3/h6-7,10,12-14,32H,5,8-9,11H2,1-4H3,(H,27,33)/t13-,14-,24?/m0/s1. The molecule has 10 heteroatoms. The number of rotatable bonds is 4. The molecule has 34 heavy (non-hydrogen) atoms. The van der Waals surface area contributed by atoms with Crippen LogP contribution in [0.15, 0.2) is 29.2 Å². The second-order valence-corrected chi connectivity index (χ2v) is 9.09. The summed E-state index contributed by atoms with van der Waals surface area (Å²) >= 11 is 0. The van der Waals surface area contributed by atoms with Gasteiger partial charge in [-0.2, -0.15) is 0 Å². The van der Waals surface area contributed by atoms with E-state index in [-0.39, 0.29) is 29.3 Å². The highest BCUT2D eigenvalue weighted by molar-refractivity contribution is 5.99. The molecule has 8 nitrogen and oxygen atoms in total. The molecule has 1 unspecified atom stereocenters. The lowest BCUT2D eigenvalue weighted by Crippen LogP contribution is -2.70. The second kappa shape index (κ2) is 8.41. The van der Waals surface area contributed by atoms with Gasteiger partial charge in [-0.1, -0.05) is 19.9 Å². The van der Waals surface area contributed by atoms with Crippen molar-refractivity contribution in [3.8, 4) is 5.75 Å². The molecule has 1 spiro atoms. The number of hydrogen-bond acceptors (Lipinski definition) is 5. The predicted molar refractivity (Wildman–Crippen MR) is 121 cm³/mol. The van der Waals surface area contributed by atoms with Crippen LogP contribution in [-0.4, -0.2) is 45.8 Å². The molecule has 0 radical (unpaired) electrons. The van der Waals surface area contributed by atoms with Crippen molar-refractivity contribution in [3.63, 3.8) is 0 Å². The highest BCUT2D eigenvalue weighted by Gasteiger charge is 2.56.